The highest BCUT2D eigenvalue weighted by Gasteiger charge is 2.33. The van der Waals surface area contributed by atoms with E-state index in [4.69, 9.17) is 9.47 Å². The van der Waals surface area contributed by atoms with E-state index >= 15 is 0 Å². The number of halogens is 4. The molecule has 1 aromatic carbocycles. The monoisotopic (exact) mass is 461 g/mol. The maximum absolute atomic E-state index is 13.1. The van der Waals surface area contributed by atoms with Gasteiger partial charge in [0.1, 0.15) is 5.75 Å². The van der Waals surface area contributed by atoms with Crippen LogP contribution in [0.3, 0.4) is 0 Å². The van der Waals surface area contributed by atoms with Crippen molar-refractivity contribution in [3.63, 3.8) is 0 Å². The topological polar surface area (TPSA) is 54.9 Å². The summed E-state index contributed by atoms with van der Waals surface area (Å²) in [7, 11) is 2.90. The molecule has 0 radical (unpaired) electrons. The van der Waals surface area contributed by atoms with Crippen LogP contribution in [0.5, 0.6) is 5.75 Å². The molecule has 2 N–H and O–H groups in total. The number of aliphatic imine (C=N–C) groups is 1. The predicted octanol–water partition coefficient (Wildman–Crippen LogP) is 3.03. The Morgan fingerprint density at radius 1 is 1.21 bits per heavy atom. The second-order valence-electron chi connectivity index (χ2n) is 4.64. The van der Waals surface area contributed by atoms with E-state index in [1.54, 1.807) is 7.11 Å². The van der Waals surface area contributed by atoms with Crippen LogP contribution in [0.1, 0.15) is 18.1 Å². The van der Waals surface area contributed by atoms with E-state index in [0.29, 0.717) is 25.7 Å². The zero-order valence-electron chi connectivity index (χ0n) is 13.9. The molecule has 9 heteroatoms. The fourth-order valence-electron chi connectivity index (χ4n) is 1.86. The van der Waals surface area contributed by atoms with E-state index in [9.17, 15) is 13.2 Å². The minimum absolute atomic E-state index is 0. The molecule has 0 aliphatic rings. The second-order valence-corrected chi connectivity index (χ2v) is 4.64. The summed E-state index contributed by atoms with van der Waals surface area (Å²) < 4.78 is 49.2. The van der Waals surface area contributed by atoms with E-state index in [-0.39, 0.29) is 41.8 Å². The summed E-state index contributed by atoms with van der Waals surface area (Å²) in [6.45, 7) is 3.37. The van der Waals surface area contributed by atoms with Crippen LogP contribution in [0.25, 0.3) is 0 Å². The van der Waals surface area contributed by atoms with Crippen LogP contribution in [0.15, 0.2) is 23.2 Å². The summed E-state index contributed by atoms with van der Waals surface area (Å²) in [6, 6.07) is 3.85. The van der Waals surface area contributed by atoms with Crippen molar-refractivity contribution in [2.24, 2.45) is 4.99 Å². The summed E-state index contributed by atoms with van der Waals surface area (Å²) in [5.74, 6) is 0.601. The van der Waals surface area contributed by atoms with E-state index in [1.165, 1.54) is 19.2 Å². The Morgan fingerprint density at radius 3 is 2.46 bits per heavy atom. The normalized spacial score (nSPS) is 11.7. The Kier molecular flexibility index (Phi) is 10.8. The number of benzene rings is 1. The summed E-state index contributed by atoms with van der Waals surface area (Å²) in [5.41, 5.74) is -0.657. The van der Waals surface area contributed by atoms with Crippen LogP contribution in [0, 0.1) is 0 Å². The van der Waals surface area contributed by atoms with Gasteiger partial charge in [0.15, 0.2) is 5.96 Å². The Bertz CT molecular complexity index is 525. The summed E-state index contributed by atoms with van der Waals surface area (Å²) in [6.07, 6.45) is -4.46. The molecule has 5 nitrogen and oxygen atoms in total. The van der Waals surface area contributed by atoms with Gasteiger partial charge in [-0.25, -0.2) is 4.99 Å². The molecule has 0 amide bonds. The maximum atomic E-state index is 13.1. The quantitative estimate of drug-likeness (QED) is 0.284. The van der Waals surface area contributed by atoms with Crippen LogP contribution >= 0.6 is 24.0 Å². The predicted molar refractivity (Wildman–Crippen MR) is 98.1 cm³/mol. The van der Waals surface area contributed by atoms with Crippen molar-refractivity contribution >= 4 is 29.9 Å². The van der Waals surface area contributed by atoms with Crippen molar-refractivity contribution in [2.45, 2.75) is 19.6 Å². The van der Waals surface area contributed by atoms with E-state index in [2.05, 4.69) is 15.6 Å². The molecule has 0 unspecified atom stereocenters. The number of hydrogen-bond donors (Lipinski definition) is 2. The highest BCUT2D eigenvalue weighted by molar-refractivity contribution is 14.0. The van der Waals surface area contributed by atoms with Crippen molar-refractivity contribution in [1.29, 1.82) is 0 Å². The largest absolute Gasteiger partial charge is 0.497 e. The first-order valence-corrected chi connectivity index (χ1v) is 7.17. The minimum atomic E-state index is -4.46. The molecule has 0 saturated heterocycles. The van der Waals surface area contributed by atoms with Crippen molar-refractivity contribution in [1.82, 2.24) is 10.6 Å². The smallest absolute Gasteiger partial charge is 0.416 e. The van der Waals surface area contributed by atoms with Gasteiger partial charge in [-0.05, 0) is 24.6 Å². The number of nitrogens with zero attached hydrogens (tertiary/aromatic N) is 1. The lowest BCUT2D eigenvalue weighted by atomic mass is 10.1. The summed E-state index contributed by atoms with van der Waals surface area (Å²) >= 11 is 0. The molecule has 0 heterocycles. The summed E-state index contributed by atoms with van der Waals surface area (Å²) in [5, 5.41) is 5.95. The first kappa shape index (κ1) is 22.8. The average molecular weight is 461 g/mol. The molecule has 0 saturated carbocycles. The molecule has 1 aromatic rings. The van der Waals surface area contributed by atoms with Crippen LogP contribution in [0.4, 0.5) is 13.2 Å². The van der Waals surface area contributed by atoms with Crippen LogP contribution in [0.2, 0.25) is 0 Å². The number of guanidine groups is 1. The fourth-order valence-corrected chi connectivity index (χ4v) is 1.86. The van der Waals surface area contributed by atoms with E-state index in [1.807, 2.05) is 6.92 Å². The molecule has 0 aliphatic heterocycles. The molecule has 24 heavy (non-hydrogen) atoms. The zero-order chi connectivity index (χ0) is 17.3. The van der Waals surface area contributed by atoms with Gasteiger partial charge in [0.25, 0.3) is 0 Å². The minimum Gasteiger partial charge on any atom is -0.497 e. The molecule has 0 aromatic heterocycles. The van der Waals surface area contributed by atoms with Gasteiger partial charge in [-0.3, -0.25) is 0 Å². The summed E-state index contributed by atoms with van der Waals surface area (Å²) in [4.78, 5) is 4.18. The molecule has 0 fully saturated rings. The molecule has 0 aliphatic carbocycles. The van der Waals surface area contributed by atoms with E-state index in [0.717, 1.165) is 6.07 Å². The Hall–Kier alpha value is -1.23. The molecule has 0 atom stereocenters. The van der Waals surface area contributed by atoms with Crippen LogP contribution in [-0.4, -0.2) is 39.9 Å². The number of rotatable bonds is 7. The maximum Gasteiger partial charge on any atom is 0.416 e. The van der Waals surface area contributed by atoms with Gasteiger partial charge in [-0.1, -0.05) is 6.07 Å². The number of hydrogen-bond acceptors (Lipinski definition) is 3. The SMILES string of the molecule is CCNC(=NCc1ccc(OC)cc1C(F)(F)F)NCCOC.I. The van der Waals surface area contributed by atoms with Crippen LogP contribution in [-0.2, 0) is 17.5 Å². The van der Waals surface area contributed by atoms with Crippen molar-refractivity contribution < 1.29 is 22.6 Å². The standard InChI is InChI=1S/C15H22F3N3O2.HI/c1-4-19-14(20-7-8-22-2)21-10-11-5-6-12(23-3)9-13(11)15(16,17)18;/h5-6,9H,4,7-8,10H2,1-3H3,(H2,19,20,21);1H. The lowest BCUT2D eigenvalue weighted by Gasteiger charge is -2.14. The van der Waals surface area contributed by atoms with Gasteiger partial charge in [0, 0.05) is 20.2 Å². The van der Waals surface area contributed by atoms with Crippen molar-refractivity contribution in [3.8, 4) is 5.75 Å². The Morgan fingerprint density at radius 2 is 1.92 bits per heavy atom. The average Bonchev–Trinajstić information content (AvgIpc) is 2.51. The highest BCUT2D eigenvalue weighted by Crippen LogP contribution is 2.34. The Labute approximate surface area is 157 Å². The van der Waals surface area contributed by atoms with Crippen molar-refractivity contribution in [3.05, 3.63) is 29.3 Å². The molecular weight excluding hydrogens is 438 g/mol. The molecule has 138 valence electrons. The first-order chi connectivity index (χ1) is 10.9. The van der Waals surface area contributed by atoms with Gasteiger partial charge in [-0.15, -0.1) is 24.0 Å². The lowest BCUT2D eigenvalue weighted by molar-refractivity contribution is -0.138. The Balaban J connectivity index is 0.00000529. The molecule has 1 rings (SSSR count). The van der Waals surface area contributed by atoms with Gasteiger partial charge < -0.3 is 20.1 Å². The second kappa shape index (κ2) is 11.3. The van der Waals surface area contributed by atoms with Gasteiger partial charge >= 0.3 is 6.18 Å². The zero-order valence-corrected chi connectivity index (χ0v) is 16.2. The lowest BCUT2D eigenvalue weighted by Crippen LogP contribution is -2.38. The third-order valence-corrected chi connectivity index (χ3v) is 2.97. The highest BCUT2D eigenvalue weighted by atomic mass is 127. The third kappa shape index (κ3) is 7.56. The molecule has 0 bridgehead atoms. The van der Waals surface area contributed by atoms with Gasteiger partial charge in [-0.2, -0.15) is 13.2 Å². The number of alkyl halides is 3. The fraction of sp³-hybridized carbons (Fsp3) is 0.533. The third-order valence-electron chi connectivity index (χ3n) is 2.97. The van der Waals surface area contributed by atoms with Gasteiger partial charge in [0.2, 0.25) is 0 Å². The first-order valence-electron chi connectivity index (χ1n) is 7.17. The number of nitrogens with one attached hydrogen (secondary N) is 2. The molecule has 0 spiro atoms. The molecular formula is C15H23F3IN3O2. The van der Waals surface area contributed by atoms with E-state index < -0.39 is 11.7 Å². The number of ether oxygens (including phenoxy) is 2. The number of methoxy groups -OCH3 is 2. The van der Waals surface area contributed by atoms with Crippen molar-refractivity contribution in [2.75, 3.05) is 33.9 Å². The van der Waals surface area contributed by atoms with Gasteiger partial charge in [0.05, 0.1) is 25.8 Å². The van der Waals surface area contributed by atoms with Crippen LogP contribution < -0.4 is 15.4 Å².